The van der Waals surface area contributed by atoms with Crippen LogP contribution in [0.5, 0.6) is 0 Å². The maximum Gasteiger partial charge on any atom is 0.435 e. The second-order valence-electron chi connectivity index (χ2n) is 12.9. The minimum Gasteiger partial charge on any atom is -0.390 e. The Morgan fingerprint density at radius 2 is 1.79 bits per heavy atom. The zero-order valence-corrected chi connectivity index (χ0v) is 24.6. The number of imidazole rings is 1. The number of aryl methyl sites for hydroxylation is 1. The van der Waals surface area contributed by atoms with Gasteiger partial charge in [0, 0.05) is 30.4 Å². The quantitative estimate of drug-likeness (QED) is 0.288. The molecule has 3 aromatic rings. The van der Waals surface area contributed by atoms with E-state index in [1.54, 1.807) is 24.9 Å². The van der Waals surface area contributed by atoms with Gasteiger partial charge in [-0.05, 0) is 88.3 Å². The second kappa shape index (κ2) is 10.6. The van der Waals surface area contributed by atoms with E-state index in [0.717, 1.165) is 6.07 Å². The molecule has 2 heterocycles. The number of hydrogen-bond acceptors (Lipinski definition) is 5. The number of amides is 1. The fraction of sp³-hybridized carbons (Fsp3) is 0.567. The number of aromatic nitrogens is 4. The molecular formula is C30H34ClF4N5O3. The number of hydrogen-bond donors (Lipinski definition) is 3. The molecule has 6 rings (SSSR count). The highest BCUT2D eigenvalue weighted by molar-refractivity contribution is 6.31. The average molecular weight is 624 g/mol. The predicted molar refractivity (Wildman–Crippen MR) is 150 cm³/mol. The van der Waals surface area contributed by atoms with Gasteiger partial charge in [0.05, 0.1) is 34.3 Å². The number of halogens is 5. The molecular weight excluding hydrogens is 590 g/mol. The Labute approximate surface area is 251 Å². The normalized spacial score (nSPS) is 30.9. The minimum absolute atomic E-state index is 0.0574. The molecule has 2 aromatic heterocycles. The van der Waals surface area contributed by atoms with Crippen molar-refractivity contribution in [3.8, 4) is 0 Å². The Kier molecular flexibility index (Phi) is 7.41. The highest BCUT2D eigenvalue weighted by Crippen LogP contribution is 2.58. The van der Waals surface area contributed by atoms with E-state index in [1.807, 2.05) is 0 Å². The van der Waals surface area contributed by atoms with Gasteiger partial charge in [-0.3, -0.25) is 9.48 Å². The summed E-state index contributed by atoms with van der Waals surface area (Å²) < 4.78 is 59.0. The summed E-state index contributed by atoms with van der Waals surface area (Å²) in [5, 5.41) is 28.5. The monoisotopic (exact) mass is 623 g/mol. The lowest BCUT2D eigenvalue weighted by atomic mass is 9.83. The zero-order chi connectivity index (χ0) is 30.9. The molecule has 13 heteroatoms. The molecule has 8 nitrogen and oxygen atoms in total. The Morgan fingerprint density at radius 1 is 1.14 bits per heavy atom. The third kappa shape index (κ3) is 5.69. The summed E-state index contributed by atoms with van der Waals surface area (Å²) >= 11 is 5.85. The number of aliphatic hydroxyl groups is 2. The molecule has 1 amide bonds. The number of rotatable bonds is 5. The largest absolute Gasteiger partial charge is 0.435 e. The topological polar surface area (TPSA) is 105 Å². The van der Waals surface area contributed by atoms with Crippen LogP contribution >= 0.6 is 11.6 Å². The van der Waals surface area contributed by atoms with Crippen molar-refractivity contribution in [3.63, 3.8) is 0 Å². The molecule has 2 unspecified atom stereocenters. The van der Waals surface area contributed by atoms with E-state index in [4.69, 9.17) is 11.6 Å². The molecule has 2 atom stereocenters. The first-order valence-corrected chi connectivity index (χ1v) is 14.9. The van der Waals surface area contributed by atoms with Gasteiger partial charge in [-0.1, -0.05) is 11.6 Å². The summed E-state index contributed by atoms with van der Waals surface area (Å²) in [5.41, 5.74) is -2.48. The van der Waals surface area contributed by atoms with E-state index < -0.39 is 34.8 Å². The van der Waals surface area contributed by atoms with Crippen LogP contribution in [0, 0.1) is 17.7 Å². The number of nitrogens with zero attached hydrogens (tertiary/aromatic N) is 4. The molecule has 43 heavy (non-hydrogen) atoms. The Hall–Kier alpha value is -2.96. The number of alkyl halides is 3. The molecule has 3 aliphatic rings. The first-order valence-electron chi connectivity index (χ1n) is 14.5. The molecule has 0 aliphatic heterocycles. The predicted octanol–water partition coefficient (Wildman–Crippen LogP) is 6.34. The third-order valence-corrected chi connectivity index (χ3v) is 9.98. The second-order valence-corrected chi connectivity index (χ2v) is 13.3. The van der Waals surface area contributed by atoms with E-state index in [0.29, 0.717) is 55.6 Å². The first kappa shape index (κ1) is 30.1. The molecule has 0 saturated heterocycles. The van der Waals surface area contributed by atoms with Crippen molar-refractivity contribution >= 4 is 23.2 Å². The summed E-state index contributed by atoms with van der Waals surface area (Å²) in [7, 11) is 1.70. The van der Waals surface area contributed by atoms with Crippen LogP contribution in [-0.2, 0) is 18.8 Å². The van der Waals surface area contributed by atoms with Crippen LogP contribution in [0.3, 0.4) is 0 Å². The van der Waals surface area contributed by atoms with Gasteiger partial charge in [-0.25, -0.2) is 9.37 Å². The van der Waals surface area contributed by atoms with E-state index in [-0.39, 0.29) is 47.2 Å². The van der Waals surface area contributed by atoms with Gasteiger partial charge in [-0.15, -0.1) is 0 Å². The summed E-state index contributed by atoms with van der Waals surface area (Å²) in [6, 6.07) is 3.62. The van der Waals surface area contributed by atoms with Crippen LogP contribution in [0.15, 0.2) is 30.7 Å². The SMILES string of the molecule is Cn1cnc(C2CC3CC(O)(c4cn(C5CCC(C)(O)CC5)nc4C(F)(F)F)CC3C2)c1C(=O)Nc1ccc(F)c(Cl)c1. The lowest BCUT2D eigenvalue weighted by Crippen LogP contribution is -2.31. The van der Waals surface area contributed by atoms with Gasteiger partial charge in [-0.2, -0.15) is 18.3 Å². The van der Waals surface area contributed by atoms with E-state index in [2.05, 4.69) is 15.4 Å². The van der Waals surface area contributed by atoms with Gasteiger partial charge < -0.3 is 20.1 Å². The fourth-order valence-electron chi connectivity index (χ4n) is 7.51. The maximum atomic E-state index is 14.2. The molecule has 0 radical (unpaired) electrons. The number of carbonyl (C=O) groups is 1. The lowest BCUT2D eigenvalue weighted by Gasteiger charge is -2.33. The summed E-state index contributed by atoms with van der Waals surface area (Å²) in [6.07, 6.45) is 1.59. The number of fused-ring (bicyclic) bond motifs is 1. The molecule has 3 aliphatic carbocycles. The molecule has 0 bridgehead atoms. The van der Waals surface area contributed by atoms with E-state index >= 15 is 0 Å². The average Bonchev–Trinajstić information content (AvgIpc) is 3.67. The Balaban J connectivity index is 1.19. The first-order chi connectivity index (χ1) is 20.1. The van der Waals surface area contributed by atoms with Crippen LogP contribution in [0.2, 0.25) is 5.02 Å². The number of carbonyl (C=O) groups excluding carboxylic acids is 1. The van der Waals surface area contributed by atoms with Crippen LogP contribution < -0.4 is 5.32 Å². The molecule has 3 fully saturated rings. The van der Waals surface area contributed by atoms with E-state index in [9.17, 15) is 32.6 Å². The number of anilines is 1. The van der Waals surface area contributed by atoms with Crippen LogP contribution in [0.25, 0.3) is 0 Å². The van der Waals surface area contributed by atoms with Crippen molar-refractivity contribution in [2.75, 3.05) is 5.32 Å². The van der Waals surface area contributed by atoms with Gasteiger partial charge in [0.15, 0.2) is 5.69 Å². The summed E-state index contributed by atoms with van der Waals surface area (Å²) in [4.78, 5) is 17.7. The van der Waals surface area contributed by atoms with Crippen molar-refractivity contribution < 1.29 is 32.6 Å². The van der Waals surface area contributed by atoms with Gasteiger partial charge in [0.25, 0.3) is 5.91 Å². The van der Waals surface area contributed by atoms with Crippen molar-refractivity contribution in [1.29, 1.82) is 0 Å². The van der Waals surface area contributed by atoms with E-state index in [1.165, 1.54) is 23.0 Å². The van der Waals surface area contributed by atoms with Gasteiger partial charge in [0.1, 0.15) is 11.5 Å². The van der Waals surface area contributed by atoms with Crippen molar-refractivity contribution in [2.45, 2.75) is 87.6 Å². The standard InChI is InChI=1S/C30H34ClF4N5O3/c1-28(42)7-5-20(6-8-28)40-14-21(26(38-40)30(33,34)35)29(43)12-17-9-16(10-18(17)13-29)24-25(39(2)15-36-24)27(41)37-19-3-4-23(32)22(31)11-19/h3-4,11,14-18,20,42-43H,5-10,12-13H2,1-2H3,(H,37,41). The number of nitrogens with one attached hydrogen (secondary N) is 1. The van der Waals surface area contributed by atoms with Crippen molar-refractivity contribution in [2.24, 2.45) is 18.9 Å². The highest BCUT2D eigenvalue weighted by atomic mass is 35.5. The highest BCUT2D eigenvalue weighted by Gasteiger charge is 2.54. The van der Waals surface area contributed by atoms with Gasteiger partial charge in [0.2, 0.25) is 0 Å². The number of benzene rings is 1. The van der Waals surface area contributed by atoms with Crippen LogP contribution in [-0.4, -0.2) is 41.1 Å². The summed E-state index contributed by atoms with van der Waals surface area (Å²) in [5.74, 6) is -1.26. The van der Waals surface area contributed by atoms with Crippen LogP contribution in [0.1, 0.15) is 97.7 Å². The smallest absolute Gasteiger partial charge is 0.390 e. The summed E-state index contributed by atoms with van der Waals surface area (Å²) in [6.45, 7) is 1.73. The Morgan fingerprint density at radius 3 is 2.40 bits per heavy atom. The molecule has 1 aromatic carbocycles. The van der Waals surface area contributed by atoms with Gasteiger partial charge >= 0.3 is 6.18 Å². The zero-order valence-electron chi connectivity index (χ0n) is 23.8. The van der Waals surface area contributed by atoms with Crippen molar-refractivity contribution in [1.82, 2.24) is 19.3 Å². The third-order valence-electron chi connectivity index (χ3n) is 9.69. The minimum atomic E-state index is -4.72. The molecule has 232 valence electrons. The molecule has 3 N–H and O–H groups in total. The van der Waals surface area contributed by atoms with Crippen molar-refractivity contribution in [3.05, 3.63) is 64.2 Å². The molecule has 3 saturated carbocycles. The molecule has 0 spiro atoms. The fourth-order valence-corrected chi connectivity index (χ4v) is 7.69. The maximum absolute atomic E-state index is 14.2. The lowest BCUT2D eigenvalue weighted by molar-refractivity contribution is -0.144. The van der Waals surface area contributed by atoms with Crippen LogP contribution in [0.4, 0.5) is 23.2 Å². The Bertz CT molecular complexity index is 1530.